The van der Waals surface area contributed by atoms with E-state index in [1.165, 1.54) is 12.1 Å². The van der Waals surface area contributed by atoms with E-state index in [9.17, 15) is 8.42 Å². The average molecular weight is 316 g/mol. The number of hydrogen-bond acceptors (Lipinski definition) is 5. The fourth-order valence-electron chi connectivity index (χ4n) is 1.48. The van der Waals surface area contributed by atoms with Gasteiger partial charge in [-0.25, -0.2) is 0 Å². The molecule has 0 bridgehead atoms. The first kappa shape index (κ1) is 18.1. The van der Waals surface area contributed by atoms with Crippen LogP contribution in [0.1, 0.15) is 26.3 Å². The molecule has 5 nitrogen and oxygen atoms in total. The van der Waals surface area contributed by atoms with Crippen molar-refractivity contribution >= 4 is 10.1 Å². The molecule has 21 heavy (non-hydrogen) atoms. The van der Waals surface area contributed by atoms with E-state index < -0.39 is 10.1 Å². The molecule has 0 aliphatic rings. The van der Waals surface area contributed by atoms with Crippen LogP contribution in [-0.2, 0) is 23.8 Å². The maximum Gasteiger partial charge on any atom is 0.297 e. The first-order chi connectivity index (χ1) is 9.71. The molecule has 120 valence electrons. The lowest BCUT2D eigenvalue weighted by Crippen LogP contribution is -2.22. The molecule has 0 saturated carbocycles. The van der Waals surface area contributed by atoms with Crippen molar-refractivity contribution in [2.75, 3.05) is 26.4 Å². The van der Waals surface area contributed by atoms with Gasteiger partial charge in [0.05, 0.1) is 36.9 Å². The Balaban J connectivity index is 2.24. The predicted molar refractivity (Wildman–Crippen MR) is 80.8 cm³/mol. The topological polar surface area (TPSA) is 61.8 Å². The SMILES string of the molecule is Cc1ccc(S(=O)(=O)OCCOCCOC(C)(C)C)cc1. The van der Waals surface area contributed by atoms with Crippen LogP contribution in [0.4, 0.5) is 0 Å². The Morgan fingerprint density at radius 3 is 2.10 bits per heavy atom. The minimum absolute atomic E-state index is 0.00821. The van der Waals surface area contributed by atoms with E-state index in [4.69, 9.17) is 13.7 Å². The van der Waals surface area contributed by atoms with Crippen LogP contribution in [0.15, 0.2) is 29.2 Å². The summed E-state index contributed by atoms with van der Waals surface area (Å²) in [5.41, 5.74) is 0.797. The van der Waals surface area contributed by atoms with Gasteiger partial charge in [-0.2, -0.15) is 8.42 Å². The standard InChI is InChI=1S/C15H24O5S/c1-13-5-7-14(8-6-13)21(16,17)20-12-10-18-9-11-19-15(2,3)4/h5-8H,9-12H2,1-4H3. The molecule has 1 aromatic rings. The second kappa shape index (κ2) is 7.89. The van der Waals surface area contributed by atoms with Gasteiger partial charge in [0, 0.05) is 0 Å². The lowest BCUT2D eigenvalue weighted by molar-refractivity contribution is -0.0373. The van der Waals surface area contributed by atoms with E-state index in [1.807, 2.05) is 27.7 Å². The normalized spacial score (nSPS) is 12.6. The van der Waals surface area contributed by atoms with Crippen molar-refractivity contribution in [1.29, 1.82) is 0 Å². The highest BCUT2D eigenvalue weighted by atomic mass is 32.2. The Morgan fingerprint density at radius 2 is 1.52 bits per heavy atom. The van der Waals surface area contributed by atoms with Gasteiger partial charge in [-0.3, -0.25) is 4.18 Å². The molecule has 0 saturated heterocycles. The van der Waals surface area contributed by atoms with Gasteiger partial charge in [-0.05, 0) is 39.8 Å². The summed E-state index contributed by atoms with van der Waals surface area (Å²) in [5.74, 6) is 0. The van der Waals surface area contributed by atoms with Gasteiger partial charge in [-0.1, -0.05) is 17.7 Å². The van der Waals surface area contributed by atoms with E-state index in [1.54, 1.807) is 12.1 Å². The van der Waals surface area contributed by atoms with Gasteiger partial charge in [0.15, 0.2) is 0 Å². The molecule has 0 fully saturated rings. The molecule has 0 amide bonds. The average Bonchev–Trinajstić information content (AvgIpc) is 2.36. The molecule has 0 aromatic heterocycles. The summed E-state index contributed by atoms with van der Waals surface area (Å²) < 4.78 is 39.4. The minimum Gasteiger partial charge on any atom is -0.377 e. The summed E-state index contributed by atoms with van der Waals surface area (Å²) in [6, 6.07) is 6.53. The van der Waals surface area contributed by atoms with Crippen LogP contribution in [-0.4, -0.2) is 40.4 Å². The Hall–Kier alpha value is -0.950. The molecule has 0 heterocycles. The maximum absolute atomic E-state index is 11.9. The van der Waals surface area contributed by atoms with E-state index in [0.717, 1.165) is 5.56 Å². The van der Waals surface area contributed by atoms with E-state index in [2.05, 4.69) is 0 Å². The molecule has 6 heteroatoms. The van der Waals surface area contributed by atoms with E-state index in [-0.39, 0.29) is 23.7 Å². The summed E-state index contributed by atoms with van der Waals surface area (Å²) >= 11 is 0. The van der Waals surface area contributed by atoms with Gasteiger partial charge in [-0.15, -0.1) is 0 Å². The fourth-order valence-corrected chi connectivity index (χ4v) is 2.38. The quantitative estimate of drug-likeness (QED) is 0.545. The Kier molecular flexibility index (Phi) is 6.80. The lowest BCUT2D eigenvalue weighted by atomic mass is 10.2. The summed E-state index contributed by atoms with van der Waals surface area (Å²) in [5, 5.41) is 0. The largest absolute Gasteiger partial charge is 0.377 e. The zero-order valence-electron chi connectivity index (χ0n) is 13.1. The van der Waals surface area contributed by atoms with Crippen LogP contribution in [0.25, 0.3) is 0 Å². The maximum atomic E-state index is 11.9. The lowest BCUT2D eigenvalue weighted by Gasteiger charge is -2.19. The molecule has 0 radical (unpaired) electrons. The first-order valence-corrected chi connectivity index (χ1v) is 8.29. The molecule has 0 aliphatic heterocycles. The molecule has 0 aliphatic carbocycles. The van der Waals surface area contributed by atoms with Gasteiger partial charge >= 0.3 is 0 Å². The number of hydrogen-bond donors (Lipinski definition) is 0. The highest BCUT2D eigenvalue weighted by Gasteiger charge is 2.14. The Labute approximate surface area is 127 Å². The van der Waals surface area contributed by atoms with Crippen molar-refractivity contribution < 1.29 is 22.1 Å². The van der Waals surface area contributed by atoms with Crippen LogP contribution < -0.4 is 0 Å². The van der Waals surface area contributed by atoms with Crippen molar-refractivity contribution in [1.82, 2.24) is 0 Å². The van der Waals surface area contributed by atoms with Crippen LogP contribution in [0.3, 0.4) is 0 Å². The molecular formula is C15H24O5S. The van der Waals surface area contributed by atoms with Crippen molar-refractivity contribution in [3.8, 4) is 0 Å². The summed E-state index contributed by atoms with van der Waals surface area (Å²) in [4.78, 5) is 0.157. The molecule has 1 rings (SSSR count). The van der Waals surface area contributed by atoms with E-state index in [0.29, 0.717) is 13.2 Å². The van der Waals surface area contributed by atoms with Crippen LogP contribution >= 0.6 is 0 Å². The highest BCUT2D eigenvalue weighted by molar-refractivity contribution is 7.86. The van der Waals surface area contributed by atoms with Gasteiger partial charge in [0.25, 0.3) is 10.1 Å². The number of ether oxygens (including phenoxy) is 2. The van der Waals surface area contributed by atoms with Crippen LogP contribution in [0.2, 0.25) is 0 Å². The minimum atomic E-state index is -3.70. The summed E-state index contributed by atoms with van der Waals surface area (Å²) in [7, 11) is -3.70. The molecule has 1 aromatic carbocycles. The Morgan fingerprint density at radius 1 is 0.952 bits per heavy atom. The Bertz CT molecular complexity index is 514. The van der Waals surface area contributed by atoms with Crippen molar-refractivity contribution in [2.24, 2.45) is 0 Å². The van der Waals surface area contributed by atoms with Gasteiger partial charge < -0.3 is 9.47 Å². The third-order valence-corrected chi connectivity index (χ3v) is 3.87. The molecule has 0 N–H and O–H groups in total. The van der Waals surface area contributed by atoms with Crippen LogP contribution in [0.5, 0.6) is 0 Å². The number of aryl methyl sites for hydroxylation is 1. The van der Waals surface area contributed by atoms with Crippen LogP contribution in [0, 0.1) is 6.92 Å². The first-order valence-electron chi connectivity index (χ1n) is 6.88. The number of rotatable bonds is 8. The second-order valence-electron chi connectivity index (χ2n) is 5.66. The molecular weight excluding hydrogens is 292 g/mol. The zero-order chi connectivity index (χ0) is 15.9. The molecule has 0 spiro atoms. The van der Waals surface area contributed by atoms with Crippen molar-refractivity contribution in [2.45, 2.75) is 38.2 Å². The second-order valence-corrected chi connectivity index (χ2v) is 7.28. The fraction of sp³-hybridized carbons (Fsp3) is 0.600. The van der Waals surface area contributed by atoms with Crippen molar-refractivity contribution in [3.63, 3.8) is 0 Å². The number of benzene rings is 1. The third kappa shape index (κ3) is 7.57. The predicted octanol–water partition coefficient (Wildman–Crippen LogP) is 2.53. The molecule has 0 unspecified atom stereocenters. The van der Waals surface area contributed by atoms with Gasteiger partial charge in [0.1, 0.15) is 0 Å². The van der Waals surface area contributed by atoms with Gasteiger partial charge in [0.2, 0.25) is 0 Å². The zero-order valence-corrected chi connectivity index (χ0v) is 13.9. The molecule has 0 atom stereocenters. The summed E-state index contributed by atoms with van der Waals surface area (Å²) in [6.45, 7) is 8.85. The summed E-state index contributed by atoms with van der Waals surface area (Å²) in [6.07, 6.45) is 0. The van der Waals surface area contributed by atoms with Crippen molar-refractivity contribution in [3.05, 3.63) is 29.8 Å². The monoisotopic (exact) mass is 316 g/mol. The van der Waals surface area contributed by atoms with E-state index >= 15 is 0 Å². The smallest absolute Gasteiger partial charge is 0.297 e. The third-order valence-electron chi connectivity index (χ3n) is 2.54. The highest BCUT2D eigenvalue weighted by Crippen LogP contribution is 2.13.